The smallest absolute Gasteiger partial charge is 0.316 e. The zero-order valence-electron chi connectivity index (χ0n) is 27.2. The molecule has 0 aromatic heterocycles. The van der Waals surface area contributed by atoms with Gasteiger partial charge in [0, 0.05) is 37.1 Å². The molecule has 1 N–H and O–H groups in total. The highest BCUT2D eigenvalue weighted by atomic mass is 16.6. The molecule has 0 radical (unpaired) electrons. The van der Waals surface area contributed by atoms with Crippen LogP contribution >= 0.6 is 0 Å². The van der Waals surface area contributed by atoms with Crippen molar-refractivity contribution in [3.63, 3.8) is 0 Å². The quantitative estimate of drug-likeness (QED) is 0.125. The lowest BCUT2D eigenvalue weighted by molar-refractivity contribution is -0.384. The maximum Gasteiger partial charge on any atom is 0.316 e. The molecule has 1 unspecified atom stereocenters. The van der Waals surface area contributed by atoms with Crippen molar-refractivity contribution < 1.29 is 24.0 Å². The van der Waals surface area contributed by atoms with Gasteiger partial charge in [0.25, 0.3) is 5.69 Å². The van der Waals surface area contributed by atoms with Gasteiger partial charge < -0.3 is 24.8 Å². The molecule has 1 atom stereocenters. The van der Waals surface area contributed by atoms with Crippen LogP contribution in [-0.4, -0.2) is 78.2 Å². The van der Waals surface area contributed by atoms with E-state index in [0.717, 1.165) is 60.7 Å². The molecule has 46 heavy (non-hydrogen) atoms. The lowest BCUT2D eigenvalue weighted by atomic mass is 9.72. The lowest BCUT2D eigenvalue weighted by Gasteiger charge is -2.41. The summed E-state index contributed by atoms with van der Waals surface area (Å²) in [6, 6.07) is 16.2. The molecule has 0 saturated carbocycles. The second-order valence-electron chi connectivity index (χ2n) is 11.7. The minimum Gasteiger partial charge on any atom is -0.465 e. The molecule has 11 nitrogen and oxygen atoms in total. The fraction of sp³-hybridized carbons (Fsp3) is 0.457. The van der Waals surface area contributed by atoms with E-state index in [1.165, 1.54) is 17.0 Å². The third-order valence-corrected chi connectivity index (χ3v) is 9.16. The number of nitrogens with zero attached hydrogens (tertiary/aromatic N) is 4. The van der Waals surface area contributed by atoms with Crippen molar-refractivity contribution >= 4 is 24.5 Å². The number of ether oxygens (including phenoxy) is 1. The molecule has 2 aliphatic rings. The van der Waals surface area contributed by atoms with E-state index < -0.39 is 16.3 Å². The van der Waals surface area contributed by atoms with Gasteiger partial charge in [-0.1, -0.05) is 56.3 Å². The van der Waals surface area contributed by atoms with Crippen LogP contribution in [0.2, 0.25) is 0 Å². The van der Waals surface area contributed by atoms with Gasteiger partial charge in [0.15, 0.2) is 0 Å². The molecule has 2 amide bonds. The maximum absolute atomic E-state index is 13.2. The summed E-state index contributed by atoms with van der Waals surface area (Å²) >= 11 is 0. The number of nitrogens with one attached hydrogen (secondary N) is 1. The molecule has 2 aromatic carbocycles. The number of non-ortho nitro benzene ring substituents is 1. The summed E-state index contributed by atoms with van der Waals surface area (Å²) in [4.78, 5) is 54.5. The van der Waals surface area contributed by atoms with Crippen LogP contribution in [0.15, 0.2) is 77.4 Å². The van der Waals surface area contributed by atoms with E-state index in [1.54, 1.807) is 24.1 Å². The molecule has 0 bridgehead atoms. The van der Waals surface area contributed by atoms with Crippen molar-refractivity contribution in [2.45, 2.75) is 64.2 Å². The summed E-state index contributed by atoms with van der Waals surface area (Å²) in [6.07, 6.45) is 4.80. The Labute approximate surface area is 271 Å². The molecule has 11 heteroatoms. The van der Waals surface area contributed by atoms with Crippen molar-refractivity contribution in [2.75, 3.05) is 39.8 Å². The van der Waals surface area contributed by atoms with E-state index in [2.05, 4.69) is 10.2 Å². The maximum atomic E-state index is 13.2. The van der Waals surface area contributed by atoms with Crippen molar-refractivity contribution in [2.24, 2.45) is 0 Å². The van der Waals surface area contributed by atoms with Gasteiger partial charge in [0.1, 0.15) is 0 Å². The van der Waals surface area contributed by atoms with Crippen LogP contribution in [0.1, 0.15) is 69.9 Å². The molecule has 1 saturated heterocycles. The molecule has 246 valence electrons. The Bertz CT molecular complexity index is 1450. The topological polar surface area (TPSA) is 125 Å². The van der Waals surface area contributed by atoms with Crippen molar-refractivity contribution in [3.05, 3.63) is 98.6 Å². The van der Waals surface area contributed by atoms with Crippen molar-refractivity contribution in [1.29, 1.82) is 0 Å². The van der Waals surface area contributed by atoms with Gasteiger partial charge in [-0.25, -0.2) is 0 Å². The number of dihydropyridines is 1. The number of benzene rings is 2. The Kier molecular flexibility index (Phi) is 11.7. The van der Waals surface area contributed by atoms with Crippen LogP contribution in [0.3, 0.4) is 0 Å². The lowest BCUT2D eigenvalue weighted by Crippen LogP contribution is -2.48. The molecule has 2 aromatic rings. The standard InChI is InChI=1S/C35H45N5O6/c1-5-29-32(37(4)24-41)31(26-14-16-28(17-15-26)40(44)45)33(30(6-2)36-29)39(25-42)21-11-20-38-22-18-35(19-23-38,34(43)46-7-3)27-12-9-8-10-13-27/h8-10,12-17,24-25,31,36H,5-7,11,18-23H2,1-4H3. The number of carbonyl (C=O) groups is 3. The number of allylic oxidation sites excluding steroid dienone is 2. The predicted octanol–water partition coefficient (Wildman–Crippen LogP) is 5.06. The molecular formula is C35H45N5O6. The monoisotopic (exact) mass is 631 g/mol. The summed E-state index contributed by atoms with van der Waals surface area (Å²) in [7, 11) is 1.68. The molecule has 0 aliphatic carbocycles. The third-order valence-electron chi connectivity index (χ3n) is 9.16. The van der Waals surface area contributed by atoms with Gasteiger partial charge in [-0.3, -0.25) is 24.5 Å². The van der Waals surface area contributed by atoms with E-state index in [1.807, 2.05) is 51.1 Å². The number of nitro benzene ring substituents is 1. The van der Waals surface area contributed by atoms with Gasteiger partial charge >= 0.3 is 5.97 Å². The van der Waals surface area contributed by atoms with Gasteiger partial charge in [0.05, 0.1) is 34.3 Å². The van der Waals surface area contributed by atoms with E-state index in [9.17, 15) is 24.5 Å². The number of likely N-dealkylation sites (tertiary alicyclic amines) is 1. The fourth-order valence-electron chi connectivity index (χ4n) is 6.73. The van der Waals surface area contributed by atoms with Crippen LogP contribution in [0.4, 0.5) is 5.69 Å². The SMILES string of the molecule is CCOC(=O)C1(c2ccccc2)CCN(CCCN(C=O)C2=C(CC)NC(CC)=C(N(C)C=O)C2c2ccc([N+](=O)[O-])cc2)CC1. The highest BCUT2D eigenvalue weighted by Crippen LogP contribution is 2.42. The van der Waals surface area contributed by atoms with Gasteiger partial charge in [-0.2, -0.15) is 0 Å². The number of likely N-dealkylation sites (N-methyl/N-ethyl adjacent to an activating group) is 1. The molecule has 1 fully saturated rings. The van der Waals surface area contributed by atoms with E-state index in [0.29, 0.717) is 51.0 Å². The number of rotatable bonds is 15. The zero-order valence-corrected chi connectivity index (χ0v) is 27.2. The van der Waals surface area contributed by atoms with Gasteiger partial charge in [0.2, 0.25) is 12.8 Å². The van der Waals surface area contributed by atoms with Gasteiger partial charge in [-0.15, -0.1) is 0 Å². The normalized spacial score (nSPS) is 18.0. The Balaban J connectivity index is 1.55. The second kappa shape index (κ2) is 15.7. The van der Waals surface area contributed by atoms with Crippen LogP contribution in [0.5, 0.6) is 0 Å². The summed E-state index contributed by atoms with van der Waals surface area (Å²) in [5.74, 6) is -0.664. The van der Waals surface area contributed by atoms with Crippen LogP contribution < -0.4 is 5.32 Å². The Hall–Kier alpha value is -4.51. The summed E-state index contributed by atoms with van der Waals surface area (Å²) in [6.45, 7) is 8.79. The average molecular weight is 632 g/mol. The number of hydrogen-bond acceptors (Lipinski definition) is 8. The Morgan fingerprint density at radius 2 is 1.63 bits per heavy atom. The van der Waals surface area contributed by atoms with Crippen molar-refractivity contribution in [1.82, 2.24) is 20.0 Å². The zero-order chi connectivity index (χ0) is 33.3. The van der Waals surface area contributed by atoms with E-state index >= 15 is 0 Å². The molecule has 2 aliphatic heterocycles. The van der Waals surface area contributed by atoms with Gasteiger partial charge in [-0.05, 0) is 69.8 Å². The molecule has 2 heterocycles. The number of nitro groups is 1. The highest BCUT2D eigenvalue weighted by molar-refractivity contribution is 5.83. The van der Waals surface area contributed by atoms with Crippen LogP contribution in [0.25, 0.3) is 0 Å². The molecular weight excluding hydrogens is 586 g/mol. The van der Waals surface area contributed by atoms with E-state index in [-0.39, 0.29) is 11.7 Å². The number of esters is 1. The largest absolute Gasteiger partial charge is 0.465 e. The first-order chi connectivity index (χ1) is 22.2. The number of hydrogen-bond donors (Lipinski definition) is 1. The fourth-order valence-corrected chi connectivity index (χ4v) is 6.73. The average Bonchev–Trinajstić information content (AvgIpc) is 3.09. The van der Waals surface area contributed by atoms with Crippen LogP contribution in [0, 0.1) is 10.1 Å². The first kappa shape index (κ1) is 34.4. The Morgan fingerprint density at radius 3 is 2.17 bits per heavy atom. The summed E-state index contributed by atoms with van der Waals surface area (Å²) < 4.78 is 5.53. The third kappa shape index (κ3) is 7.14. The highest BCUT2D eigenvalue weighted by Gasteiger charge is 2.44. The number of carbonyl (C=O) groups excluding carboxylic acids is 3. The molecule has 4 rings (SSSR count). The van der Waals surface area contributed by atoms with Crippen LogP contribution in [-0.2, 0) is 24.5 Å². The van der Waals surface area contributed by atoms with E-state index in [4.69, 9.17) is 4.74 Å². The minimum absolute atomic E-state index is 0.0306. The first-order valence-electron chi connectivity index (χ1n) is 16.1. The molecule has 0 spiro atoms. The Morgan fingerprint density at radius 1 is 1.00 bits per heavy atom. The van der Waals surface area contributed by atoms with Crippen molar-refractivity contribution in [3.8, 4) is 0 Å². The summed E-state index contributed by atoms with van der Waals surface area (Å²) in [5, 5.41) is 14.9. The summed E-state index contributed by atoms with van der Waals surface area (Å²) in [5.41, 5.74) is 4.21. The minimum atomic E-state index is -0.667. The number of piperidine rings is 1. The number of amides is 2. The predicted molar refractivity (Wildman–Crippen MR) is 175 cm³/mol. The first-order valence-corrected chi connectivity index (χ1v) is 16.1. The second-order valence-corrected chi connectivity index (χ2v) is 11.7.